The number of halogens is 3. The molecule has 0 unspecified atom stereocenters. The number of carbonyl (C=O) groups is 1. The number of aliphatic hydroxyl groups is 1. The molecule has 1 aromatic heterocycles. The highest BCUT2D eigenvalue weighted by Crippen LogP contribution is 2.40. The number of oxazole rings is 1. The summed E-state index contributed by atoms with van der Waals surface area (Å²) in [5.74, 6) is -0.197. The standard InChI is InChI=1S/C27H29F3N4O3/c1-17(14-31-24(35)18-5-4-6-19(13-18)27(28,29)30)32-20-15-34(16-20)21-9-11-26(36,12-10-21)25-33-22-7-2-3-8-23(22)37-25/h2-8,13,20-21,32,36H,1,9-12,14-16H2,(H,31,35). The molecule has 0 spiro atoms. The molecule has 2 heterocycles. The number of nitrogens with one attached hydrogen (secondary N) is 2. The Bertz CT molecular complexity index is 1260. The molecule has 37 heavy (non-hydrogen) atoms. The largest absolute Gasteiger partial charge is 0.438 e. The lowest BCUT2D eigenvalue weighted by Crippen LogP contribution is -2.62. The van der Waals surface area contributed by atoms with Crippen molar-refractivity contribution in [2.24, 2.45) is 0 Å². The number of para-hydroxylation sites is 2. The van der Waals surface area contributed by atoms with Gasteiger partial charge in [0.1, 0.15) is 11.1 Å². The van der Waals surface area contributed by atoms with E-state index in [4.69, 9.17) is 4.42 Å². The Hall–Kier alpha value is -3.37. The van der Waals surface area contributed by atoms with Crippen molar-refractivity contribution in [3.05, 3.63) is 77.8 Å². The van der Waals surface area contributed by atoms with Crippen molar-refractivity contribution in [1.82, 2.24) is 20.5 Å². The quantitative estimate of drug-likeness (QED) is 0.438. The lowest BCUT2D eigenvalue weighted by molar-refractivity contribution is -0.137. The second-order valence-corrected chi connectivity index (χ2v) is 9.91. The minimum Gasteiger partial charge on any atom is -0.438 e. The van der Waals surface area contributed by atoms with Crippen molar-refractivity contribution in [1.29, 1.82) is 0 Å². The number of amides is 1. The van der Waals surface area contributed by atoms with Gasteiger partial charge in [-0.25, -0.2) is 4.98 Å². The molecule has 0 atom stereocenters. The second-order valence-electron chi connectivity index (χ2n) is 9.91. The van der Waals surface area contributed by atoms with E-state index in [0.717, 1.165) is 43.6 Å². The van der Waals surface area contributed by atoms with Crippen LogP contribution in [0.25, 0.3) is 11.1 Å². The monoisotopic (exact) mass is 514 g/mol. The van der Waals surface area contributed by atoms with E-state index >= 15 is 0 Å². The van der Waals surface area contributed by atoms with E-state index in [2.05, 4.69) is 27.1 Å². The molecule has 2 fully saturated rings. The van der Waals surface area contributed by atoms with Crippen LogP contribution in [0.15, 0.2) is 65.2 Å². The van der Waals surface area contributed by atoms with Gasteiger partial charge >= 0.3 is 6.18 Å². The number of hydrogen-bond acceptors (Lipinski definition) is 6. The van der Waals surface area contributed by atoms with E-state index < -0.39 is 23.2 Å². The van der Waals surface area contributed by atoms with Crippen LogP contribution in [0.2, 0.25) is 0 Å². The number of benzene rings is 2. The maximum Gasteiger partial charge on any atom is 0.416 e. The third kappa shape index (κ3) is 5.50. The lowest BCUT2D eigenvalue weighted by Gasteiger charge is -2.48. The second kappa shape index (κ2) is 9.83. The van der Waals surface area contributed by atoms with Gasteiger partial charge < -0.3 is 20.2 Å². The summed E-state index contributed by atoms with van der Waals surface area (Å²) in [6, 6.07) is 12.4. The molecular formula is C27H29F3N4O3. The van der Waals surface area contributed by atoms with E-state index in [-0.39, 0.29) is 18.2 Å². The van der Waals surface area contributed by atoms with Crippen molar-refractivity contribution in [2.75, 3.05) is 19.6 Å². The van der Waals surface area contributed by atoms with Gasteiger partial charge in [-0.05, 0) is 56.0 Å². The number of nitrogens with zero attached hydrogens (tertiary/aromatic N) is 2. The van der Waals surface area contributed by atoms with Gasteiger partial charge in [-0.1, -0.05) is 24.8 Å². The molecule has 5 rings (SSSR count). The van der Waals surface area contributed by atoms with Crippen molar-refractivity contribution >= 4 is 17.0 Å². The molecular weight excluding hydrogens is 485 g/mol. The Morgan fingerprint density at radius 3 is 2.59 bits per heavy atom. The summed E-state index contributed by atoms with van der Waals surface area (Å²) in [6.45, 7) is 5.67. The zero-order chi connectivity index (χ0) is 26.2. The van der Waals surface area contributed by atoms with Gasteiger partial charge in [-0.3, -0.25) is 9.69 Å². The van der Waals surface area contributed by atoms with Crippen molar-refractivity contribution < 1.29 is 27.5 Å². The number of fused-ring (bicyclic) bond motifs is 1. The third-order valence-electron chi connectivity index (χ3n) is 7.22. The van der Waals surface area contributed by atoms with Gasteiger partial charge in [0.15, 0.2) is 5.58 Å². The Balaban J connectivity index is 1.05. The fourth-order valence-electron chi connectivity index (χ4n) is 5.10. The molecule has 3 aromatic rings. The number of likely N-dealkylation sites (tertiary alicyclic amines) is 1. The molecule has 0 bridgehead atoms. The van der Waals surface area contributed by atoms with E-state index in [9.17, 15) is 23.1 Å². The van der Waals surface area contributed by atoms with Crippen LogP contribution in [-0.2, 0) is 11.8 Å². The van der Waals surface area contributed by atoms with E-state index in [0.29, 0.717) is 36.1 Å². The number of rotatable bonds is 7. The summed E-state index contributed by atoms with van der Waals surface area (Å²) >= 11 is 0. The third-order valence-corrected chi connectivity index (χ3v) is 7.22. The van der Waals surface area contributed by atoms with Gasteiger partial charge in [0.2, 0.25) is 5.89 Å². The first-order valence-electron chi connectivity index (χ1n) is 12.3. The molecule has 2 aromatic carbocycles. The average molecular weight is 515 g/mol. The van der Waals surface area contributed by atoms with Gasteiger partial charge in [0.05, 0.1) is 18.2 Å². The summed E-state index contributed by atoms with van der Waals surface area (Å²) < 4.78 is 44.5. The molecule has 1 aliphatic heterocycles. The minimum atomic E-state index is -4.50. The van der Waals surface area contributed by atoms with Crippen molar-refractivity contribution in [3.8, 4) is 0 Å². The normalized spacial score (nSPS) is 23.0. The topological polar surface area (TPSA) is 90.6 Å². The van der Waals surface area contributed by atoms with Crippen LogP contribution < -0.4 is 10.6 Å². The molecule has 10 heteroatoms. The Morgan fingerprint density at radius 1 is 1.16 bits per heavy atom. The molecule has 7 nitrogen and oxygen atoms in total. The average Bonchev–Trinajstić information content (AvgIpc) is 3.30. The minimum absolute atomic E-state index is 0.0486. The van der Waals surface area contributed by atoms with Gasteiger partial charge in [-0.15, -0.1) is 0 Å². The molecule has 2 aliphatic rings. The molecule has 3 N–H and O–H groups in total. The SMILES string of the molecule is C=C(CNC(=O)c1cccc(C(F)(F)F)c1)NC1CN(C2CCC(O)(c3nc4ccccc4o3)CC2)C1. The summed E-state index contributed by atoms with van der Waals surface area (Å²) in [5, 5.41) is 17.1. The highest BCUT2D eigenvalue weighted by Gasteiger charge is 2.42. The maximum absolute atomic E-state index is 12.9. The van der Waals surface area contributed by atoms with E-state index in [1.807, 2.05) is 24.3 Å². The van der Waals surface area contributed by atoms with Crippen LogP contribution in [0.5, 0.6) is 0 Å². The first-order chi connectivity index (χ1) is 17.6. The predicted molar refractivity (Wildman–Crippen MR) is 132 cm³/mol. The zero-order valence-electron chi connectivity index (χ0n) is 20.2. The van der Waals surface area contributed by atoms with Crippen molar-refractivity contribution in [3.63, 3.8) is 0 Å². The molecule has 1 aliphatic carbocycles. The number of alkyl halides is 3. The summed E-state index contributed by atoms with van der Waals surface area (Å²) in [7, 11) is 0. The molecule has 1 saturated carbocycles. The summed E-state index contributed by atoms with van der Waals surface area (Å²) in [6.07, 6.45) is -1.69. The van der Waals surface area contributed by atoms with E-state index in [1.54, 1.807) is 0 Å². The molecule has 1 saturated heterocycles. The Morgan fingerprint density at radius 2 is 1.89 bits per heavy atom. The van der Waals surface area contributed by atoms with Crippen LogP contribution in [-0.4, -0.2) is 52.6 Å². The van der Waals surface area contributed by atoms with E-state index in [1.165, 1.54) is 12.1 Å². The first kappa shape index (κ1) is 25.3. The van der Waals surface area contributed by atoms with Gasteiger partial charge in [0.25, 0.3) is 5.91 Å². The van der Waals surface area contributed by atoms with Crippen molar-refractivity contribution in [2.45, 2.75) is 49.5 Å². The van der Waals surface area contributed by atoms with Crippen LogP contribution in [0.1, 0.15) is 47.5 Å². The molecule has 1 amide bonds. The Labute approximate surface area is 212 Å². The first-order valence-corrected chi connectivity index (χ1v) is 12.3. The van der Waals surface area contributed by atoms with Gasteiger partial charge in [-0.2, -0.15) is 13.2 Å². The summed E-state index contributed by atoms with van der Waals surface area (Å²) in [5.41, 5.74) is 0.0597. The smallest absolute Gasteiger partial charge is 0.416 e. The lowest BCUT2D eigenvalue weighted by atomic mass is 9.80. The van der Waals surface area contributed by atoms with Gasteiger partial charge in [0, 0.05) is 30.4 Å². The molecule has 0 radical (unpaired) electrons. The molecule has 196 valence electrons. The summed E-state index contributed by atoms with van der Waals surface area (Å²) in [4.78, 5) is 19.1. The number of aromatic nitrogens is 1. The fourth-order valence-corrected chi connectivity index (χ4v) is 5.10. The number of carbonyl (C=O) groups excluding carboxylic acids is 1. The highest BCUT2D eigenvalue weighted by atomic mass is 19.4. The van der Waals surface area contributed by atoms with Crippen LogP contribution in [0.3, 0.4) is 0 Å². The predicted octanol–water partition coefficient (Wildman–Crippen LogP) is 4.19. The highest BCUT2D eigenvalue weighted by molar-refractivity contribution is 5.94. The van der Waals surface area contributed by atoms with Crippen LogP contribution >= 0.6 is 0 Å². The zero-order valence-corrected chi connectivity index (χ0v) is 20.2. The Kier molecular flexibility index (Phi) is 6.72. The van der Waals surface area contributed by atoms with Crippen LogP contribution in [0.4, 0.5) is 13.2 Å². The maximum atomic E-state index is 12.9. The fraction of sp³-hybridized carbons (Fsp3) is 0.407. The van der Waals surface area contributed by atoms with Crippen LogP contribution in [0, 0.1) is 0 Å². The number of hydrogen-bond donors (Lipinski definition) is 3.